The number of thioether (sulfide) groups is 1. The Morgan fingerprint density at radius 2 is 2.33 bits per heavy atom. The molecule has 0 bridgehead atoms. The molecule has 5 heteroatoms. The Morgan fingerprint density at radius 1 is 1.67 bits per heavy atom. The van der Waals surface area contributed by atoms with Gasteiger partial charge in [-0.15, -0.1) is 11.8 Å². The molecule has 0 heterocycles. The highest BCUT2D eigenvalue weighted by Gasteiger charge is 2.28. The van der Waals surface area contributed by atoms with Gasteiger partial charge in [-0.3, -0.25) is 4.79 Å². The van der Waals surface area contributed by atoms with E-state index in [2.05, 4.69) is 0 Å². The standard InChI is InChI=1S/C10H16N2O2S/c1-12(6-8-4-9(13)5-8)10(14)7-15-3-2-11/h8-9,13H,3-7H2,1H3. The Bertz CT molecular complexity index is 259. The molecule has 84 valence electrons. The minimum atomic E-state index is -0.161. The average molecular weight is 228 g/mol. The SMILES string of the molecule is CN(CC1CC(O)C1)C(=O)CSCC#N. The summed E-state index contributed by atoms with van der Waals surface area (Å²) in [5, 5.41) is 17.4. The van der Waals surface area contributed by atoms with Gasteiger partial charge in [-0.2, -0.15) is 5.26 Å². The van der Waals surface area contributed by atoms with Crippen molar-refractivity contribution in [2.45, 2.75) is 18.9 Å². The molecule has 0 aromatic rings. The Labute approximate surface area is 94.2 Å². The fourth-order valence-electron chi connectivity index (χ4n) is 1.63. The van der Waals surface area contributed by atoms with E-state index >= 15 is 0 Å². The Morgan fingerprint density at radius 3 is 2.87 bits per heavy atom. The van der Waals surface area contributed by atoms with Crippen molar-refractivity contribution in [1.29, 1.82) is 5.26 Å². The lowest BCUT2D eigenvalue weighted by atomic mass is 9.82. The van der Waals surface area contributed by atoms with Crippen molar-refractivity contribution in [2.24, 2.45) is 5.92 Å². The Kier molecular flexibility index (Phi) is 4.92. The molecule has 4 nitrogen and oxygen atoms in total. The van der Waals surface area contributed by atoms with E-state index in [1.54, 1.807) is 11.9 Å². The van der Waals surface area contributed by atoms with Crippen molar-refractivity contribution < 1.29 is 9.90 Å². The highest BCUT2D eigenvalue weighted by molar-refractivity contribution is 8.00. The van der Waals surface area contributed by atoms with Crippen LogP contribution in [-0.4, -0.2) is 47.1 Å². The van der Waals surface area contributed by atoms with Crippen LogP contribution in [0.3, 0.4) is 0 Å². The minimum absolute atomic E-state index is 0.0663. The van der Waals surface area contributed by atoms with Gasteiger partial charge in [-0.1, -0.05) is 0 Å². The van der Waals surface area contributed by atoms with Crippen molar-refractivity contribution in [3.63, 3.8) is 0 Å². The van der Waals surface area contributed by atoms with Crippen molar-refractivity contribution in [1.82, 2.24) is 4.90 Å². The van der Waals surface area contributed by atoms with Gasteiger partial charge >= 0.3 is 0 Å². The van der Waals surface area contributed by atoms with Gasteiger partial charge in [0.25, 0.3) is 0 Å². The van der Waals surface area contributed by atoms with E-state index in [9.17, 15) is 4.79 Å². The van der Waals surface area contributed by atoms with Gasteiger partial charge in [0, 0.05) is 13.6 Å². The number of aliphatic hydroxyl groups excluding tert-OH is 1. The molecule has 0 aromatic carbocycles. The largest absolute Gasteiger partial charge is 0.393 e. The number of hydrogen-bond donors (Lipinski definition) is 1. The number of carbonyl (C=O) groups is 1. The van der Waals surface area contributed by atoms with E-state index in [4.69, 9.17) is 10.4 Å². The van der Waals surface area contributed by atoms with Crippen LogP contribution >= 0.6 is 11.8 Å². The maximum absolute atomic E-state index is 11.5. The maximum Gasteiger partial charge on any atom is 0.232 e. The number of rotatable bonds is 5. The first-order valence-corrected chi connectivity index (χ1v) is 6.15. The zero-order valence-corrected chi connectivity index (χ0v) is 9.66. The number of amides is 1. The van der Waals surface area contributed by atoms with Crippen LogP contribution in [-0.2, 0) is 4.79 Å². The molecule has 0 atom stereocenters. The van der Waals surface area contributed by atoms with Gasteiger partial charge < -0.3 is 10.0 Å². The fourth-order valence-corrected chi connectivity index (χ4v) is 2.22. The van der Waals surface area contributed by atoms with Crippen LogP contribution < -0.4 is 0 Å². The molecule has 0 saturated heterocycles. The Hall–Kier alpha value is -0.730. The van der Waals surface area contributed by atoms with Gasteiger partial charge in [-0.25, -0.2) is 0 Å². The first-order chi connectivity index (χ1) is 7.13. The second-order valence-corrected chi connectivity index (χ2v) is 4.90. The van der Waals surface area contributed by atoms with Gasteiger partial charge in [-0.05, 0) is 18.8 Å². The van der Waals surface area contributed by atoms with Crippen molar-refractivity contribution >= 4 is 17.7 Å². The predicted molar refractivity (Wildman–Crippen MR) is 59.3 cm³/mol. The molecule has 0 spiro atoms. The van der Waals surface area contributed by atoms with Crippen molar-refractivity contribution in [3.05, 3.63) is 0 Å². The highest BCUT2D eigenvalue weighted by atomic mass is 32.2. The van der Waals surface area contributed by atoms with Crippen LogP contribution in [0.15, 0.2) is 0 Å². The van der Waals surface area contributed by atoms with Gasteiger partial charge in [0.2, 0.25) is 5.91 Å². The lowest BCUT2D eigenvalue weighted by Gasteiger charge is -2.34. The van der Waals surface area contributed by atoms with Crippen LogP contribution in [0.1, 0.15) is 12.8 Å². The summed E-state index contributed by atoms with van der Waals surface area (Å²) in [5.74, 6) is 1.26. The van der Waals surface area contributed by atoms with E-state index in [1.807, 2.05) is 6.07 Å². The summed E-state index contributed by atoms with van der Waals surface area (Å²) in [6, 6.07) is 1.99. The van der Waals surface area contributed by atoms with Crippen LogP contribution in [0.5, 0.6) is 0 Å². The molecule has 0 unspecified atom stereocenters. The molecule has 1 rings (SSSR count). The monoisotopic (exact) mass is 228 g/mol. The quantitative estimate of drug-likeness (QED) is 0.695. The molecular weight excluding hydrogens is 212 g/mol. The summed E-state index contributed by atoms with van der Waals surface area (Å²) in [6.45, 7) is 0.725. The maximum atomic E-state index is 11.5. The smallest absolute Gasteiger partial charge is 0.232 e. The van der Waals surface area contributed by atoms with E-state index in [1.165, 1.54) is 11.8 Å². The first kappa shape index (κ1) is 12.3. The van der Waals surface area contributed by atoms with Crippen molar-refractivity contribution in [3.8, 4) is 6.07 Å². The average Bonchev–Trinajstić information content (AvgIpc) is 2.15. The third kappa shape index (κ3) is 4.10. The third-order valence-corrected chi connectivity index (χ3v) is 3.35. The molecule has 1 N–H and O–H groups in total. The Balaban J connectivity index is 2.13. The lowest BCUT2D eigenvalue weighted by Crippen LogP contribution is -2.40. The molecule has 1 aliphatic carbocycles. The van der Waals surface area contributed by atoms with Crippen LogP contribution in [0.2, 0.25) is 0 Å². The molecule has 15 heavy (non-hydrogen) atoms. The molecule has 1 fully saturated rings. The summed E-state index contributed by atoms with van der Waals surface area (Å²) in [4.78, 5) is 13.2. The topological polar surface area (TPSA) is 64.3 Å². The summed E-state index contributed by atoms with van der Waals surface area (Å²) in [6.07, 6.45) is 1.46. The third-order valence-electron chi connectivity index (χ3n) is 2.56. The lowest BCUT2D eigenvalue weighted by molar-refractivity contribution is -0.128. The first-order valence-electron chi connectivity index (χ1n) is 5.00. The minimum Gasteiger partial charge on any atom is -0.393 e. The zero-order valence-electron chi connectivity index (χ0n) is 8.85. The van der Waals surface area contributed by atoms with Crippen LogP contribution in [0.25, 0.3) is 0 Å². The number of nitrogens with zero attached hydrogens (tertiary/aromatic N) is 2. The van der Waals surface area contributed by atoms with Crippen LogP contribution in [0.4, 0.5) is 0 Å². The second kappa shape index (κ2) is 5.99. The van der Waals surface area contributed by atoms with Gasteiger partial charge in [0.05, 0.1) is 23.7 Å². The summed E-state index contributed by atoms with van der Waals surface area (Å²) in [5.41, 5.74) is 0. The molecular formula is C10H16N2O2S. The predicted octanol–water partition coefficient (Wildman–Crippen LogP) is 0.472. The van der Waals surface area contributed by atoms with Gasteiger partial charge in [0.15, 0.2) is 0 Å². The fraction of sp³-hybridized carbons (Fsp3) is 0.800. The molecule has 0 aliphatic heterocycles. The van der Waals surface area contributed by atoms with E-state index in [0.29, 0.717) is 17.4 Å². The number of aliphatic hydroxyl groups is 1. The molecule has 0 radical (unpaired) electrons. The summed E-state index contributed by atoms with van der Waals surface area (Å²) >= 11 is 1.34. The summed E-state index contributed by atoms with van der Waals surface area (Å²) < 4.78 is 0. The van der Waals surface area contributed by atoms with Crippen LogP contribution in [0, 0.1) is 17.2 Å². The second-order valence-electron chi connectivity index (χ2n) is 3.92. The molecule has 1 aliphatic rings. The zero-order chi connectivity index (χ0) is 11.3. The van der Waals surface area contributed by atoms with Gasteiger partial charge in [0.1, 0.15) is 0 Å². The summed E-state index contributed by atoms with van der Waals surface area (Å²) in [7, 11) is 1.78. The van der Waals surface area contributed by atoms with E-state index in [0.717, 1.165) is 19.4 Å². The van der Waals surface area contributed by atoms with E-state index < -0.39 is 0 Å². The number of nitriles is 1. The number of hydrogen-bond acceptors (Lipinski definition) is 4. The van der Waals surface area contributed by atoms with E-state index in [-0.39, 0.29) is 12.0 Å². The highest BCUT2D eigenvalue weighted by Crippen LogP contribution is 2.27. The molecule has 0 aromatic heterocycles. The van der Waals surface area contributed by atoms with Crippen molar-refractivity contribution in [2.75, 3.05) is 25.1 Å². The normalized spacial score (nSPS) is 24.1. The molecule has 1 saturated carbocycles. The number of carbonyl (C=O) groups excluding carboxylic acids is 1. The molecule has 1 amide bonds.